The minimum atomic E-state index is 0.164. The molecule has 3 nitrogen and oxygen atoms in total. The molecule has 22 heavy (non-hydrogen) atoms. The Morgan fingerprint density at radius 1 is 1.00 bits per heavy atom. The van der Waals surface area contributed by atoms with Gasteiger partial charge in [0.2, 0.25) is 0 Å². The summed E-state index contributed by atoms with van der Waals surface area (Å²) in [7, 11) is 0. The molecule has 0 unspecified atom stereocenters. The predicted molar refractivity (Wildman–Crippen MR) is 90.5 cm³/mol. The Bertz CT molecular complexity index is 825. The first-order chi connectivity index (χ1) is 10.8. The van der Waals surface area contributed by atoms with E-state index in [1.165, 1.54) is 0 Å². The van der Waals surface area contributed by atoms with E-state index >= 15 is 0 Å². The van der Waals surface area contributed by atoms with Gasteiger partial charge in [0, 0.05) is 11.8 Å². The van der Waals surface area contributed by atoms with Gasteiger partial charge >= 0.3 is 0 Å². The Morgan fingerprint density at radius 3 is 2.59 bits per heavy atom. The van der Waals surface area contributed by atoms with Crippen LogP contribution in [0.25, 0.3) is 10.8 Å². The van der Waals surface area contributed by atoms with Gasteiger partial charge in [-0.05, 0) is 35.9 Å². The van der Waals surface area contributed by atoms with E-state index in [4.69, 9.17) is 4.74 Å². The molecule has 0 bridgehead atoms. The number of ether oxygens (including phenoxy) is 1. The number of aliphatic imine (C=N–C) groups is 1. The fraction of sp³-hybridized carbons (Fsp3) is 0.105. The van der Waals surface area contributed by atoms with Gasteiger partial charge in [-0.3, -0.25) is 4.99 Å². The van der Waals surface area contributed by atoms with Crippen LogP contribution >= 0.6 is 0 Å². The van der Waals surface area contributed by atoms with E-state index in [9.17, 15) is 5.11 Å². The Balaban J connectivity index is 2.11. The van der Waals surface area contributed by atoms with Crippen molar-refractivity contribution in [2.75, 3.05) is 6.61 Å². The van der Waals surface area contributed by atoms with E-state index in [0.717, 1.165) is 22.1 Å². The molecule has 1 N–H and O–H groups in total. The van der Waals surface area contributed by atoms with E-state index in [2.05, 4.69) is 11.1 Å². The average molecular weight is 291 g/mol. The topological polar surface area (TPSA) is 41.8 Å². The van der Waals surface area contributed by atoms with Crippen LogP contribution in [0.4, 0.5) is 5.69 Å². The van der Waals surface area contributed by atoms with Crippen LogP contribution in [0.15, 0.2) is 65.7 Å². The molecule has 0 saturated carbocycles. The molecule has 110 valence electrons. The number of aromatic hydroxyl groups is 1. The van der Waals surface area contributed by atoms with Crippen LogP contribution in [0.2, 0.25) is 0 Å². The fourth-order valence-electron chi connectivity index (χ4n) is 2.40. The molecule has 0 saturated heterocycles. The van der Waals surface area contributed by atoms with Gasteiger partial charge in [-0.15, -0.1) is 0 Å². The third kappa shape index (κ3) is 2.79. The van der Waals surface area contributed by atoms with E-state index in [1.54, 1.807) is 24.4 Å². The highest BCUT2D eigenvalue weighted by Gasteiger charge is 2.07. The van der Waals surface area contributed by atoms with E-state index in [1.807, 2.05) is 43.3 Å². The van der Waals surface area contributed by atoms with Gasteiger partial charge < -0.3 is 9.84 Å². The Morgan fingerprint density at radius 2 is 1.77 bits per heavy atom. The molecule has 3 aromatic rings. The van der Waals surface area contributed by atoms with E-state index in [0.29, 0.717) is 12.3 Å². The molecule has 0 amide bonds. The lowest BCUT2D eigenvalue weighted by Crippen LogP contribution is -1.97. The summed E-state index contributed by atoms with van der Waals surface area (Å²) >= 11 is 0. The zero-order valence-electron chi connectivity index (χ0n) is 12.4. The number of para-hydroxylation sites is 2. The minimum absolute atomic E-state index is 0.164. The van der Waals surface area contributed by atoms with Crippen molar-refractivity contribution in [3.8, 4) is 11.5 Å². The molecule has 3 aromatic carbocycles. The molecule has 0 aromatic heterocycles. The van der Waals surface area contributed by atoms with Crippen molar-refractivity contribution in [1.29, 1.82) is 0 Å². The number of fused-ring (bicyclic) bond motifs is 1. The number of nitrogens with zero attached hydrogens (tertiary/aromatic N) is 1. The number of rotatable bonds is 4. The van der Waals surface area contributed by atoms with Gasteiger partial charge in [-0.25, -0.2) is 0 Å². The summed E-state index contributed by atoms with van der Waals surface area (Å²) in [6.07, 6.45) is 1.75. The van der Waals surface area contributed by atoms with Crippen LogP contribution in [0.5, 0.6) is 11.5 Å². The van der Waals surface area contributed by atoms with Crippen molar-refractivity contribution in [2.24, 2.45) is 4.99 Å². The maximum absolute atomic E-state index is 9.83. The zero-order valence-corrected chi connectivity index (χ0v) is 12.4. The van der Waals surface area contributed by atoms with Gasteiger partial charge in [-0.2, -0.15) is 0 Å². The summed E-state index contributed by atoms with van der Waals surface area (Å²) < 4.78 is 5.71. The van der Waals surface area contributed by atoms with Crippen molar-refractivity contribution in [3.05, 3.63) is 66.2 Å². The summed E-state index contributed by atoms with van der Waals surface area (Å²) in [6, 6.07) is 19.1. The summed E-state index contributed by atoms with van der Waals surface area (Å²) in [6.45, 7) is 2.55. The maximum atomic E-state index is 9.83. The minimum Gasteiger partial charge on any atom is -0.506 e. The number of benzene rings is 3. The molecule has 0 fully saturated rings. The first kappa shape index (κ1) is 14.1. The number of hydrogen-bond acceptors (Lipinski definition) is 3. The number of phenolic OH excluding ortho intramolecular Hbond substituents is 1. The fourth-order valence-corrected chi connectivity index (χ4v) is 2.40. The molecular weight excluding hydrogens is 274 g/mol. The molecule has 3 rings (SSSR count). The van der Waals surface area contributed by atoms with Gasteiger partial charge in [0.25, 0.3) is 0 Å². The van der Waals surface area contributed by atoms with Crippen LogP contribution in [-0.4, -0.2) is 17.9 Å². The smallest absolute Gasteiger partial charge is 0.141 e. The van der Waals surface area contributed by atoms with Crippen LogP contribution in [-0.2, 0) is 0 Å². The van der Waals surface area contributed by atoms with Crippen LogP contribution < -0.4 is 4.74 Å². The summed E-state index contributed by atoms with van der Waals surface area (Å²) in [4.78, 5) is 4.41. The molecule has 0 radical (unpaired) electrons. The molecule has 0 spiro atoms. The molecule has 3 heteroatoms. The van der Waals surface area contributed by atoms with Crippen LogP contribution in [0.1, 0.15) is 12.5 Å². The standard InChI is InChI=1S/C19H17NO2/c1-2-22-19-12-11-14-7-3-4-8-15(14)16(19)13-20-17-9-5-6-10-18(17)21/h3-13,21H,2H2,1H3. The molecule has 0 aliphatic rings. The highest BCUT2D eigenvalue weighted by molar-refractivity contribution is 6.03. The van der Waals surface area contributed by atoms with Crippen molar-refractivity contribution in [2.45, 2.75) is 6.92 Å². The Labute approximate surface area is 129 Å². The second-order valence-corrected chi connectivity index (χ2v) is 4.88. The van der Waals surface area contributed by atoms with Gasteiger partial charge in [-0.1, -0.05) is 42.5 Å². The lowest BCUT2D eigenvalue weighted by atomic mass is 10.0. The first-order valence-electron chi connectivity index (χ1n) is 7.26. The Kier molecular flexibility index (Phi) is 4.05. The van der Waals surface area contributed by atoms with Crippen LogP contribution in [0, 0.1) is 0 Å². The Hall–Kier alpha value is -2.81. The molecule has 0 aliphatic heterocycles. The predicted octanol–water partition coefficient (Wildman–Crippen LogP) is 4.69. The SMILES string of the molecule is CCOc1ccc2ccccc2c1C=Nc1ccccc1O. The van der Waals surface area contributed by atoms with Crippen molar-refractivity contribution < 1.29 is 9.84 Å². The van der Waals surface area contributed by atoms with Crippen LogP contribution in [0.3, 0.4) is 0 Å². The monoisotopic (exact) mass is 291 g/mol. The quantitative estimate of drug-likeness (QED) is 0.708. The molecule has 0 heterocycles. The largest absolute Gasteiger partial charge is 0.506 e. The lowest BCUT2D eigenvalue weighted by Gasteiger charge is -2.10. The zero-order chi connectivity index (χ0) is 15.4. The maximum Gasteiger partial charge on any atom is 0.141 e. The number of hydrogen-bond donors (Lipinski definition) is 1. The summed E-state index contributed by atoms with van der Waals surface area (Å²) in [5, 5.41) is 12.0. The van der Waals surface area contributed by atoms with Gasteiger partial charge in [0.15, 0.2) is 0 Å². The number of phenols is 1. The highest BCUT2D eigenvalue weighted by Crippen LogP contribution is 2.29. The molecular formula is C19H17NO2. The van der Waals surface area contributed by atoms with Gasteiger partial charge in [0.1, 0.15) is 17.2 Å². The second kappa shape index (κ2) is 6.31. The third-order valence-corrected chi connectivity index (χ3v) is 3.44. The van der Waals surface area contributed by atoms with E-state index in [-0.39, 0.29) is 5.75 Å². The average Bonchev–Trinajstić information content (AvgIpc) is 2.55. The lowest BCUT2D eigenvalue weighted by molar-refractivity contribution is 0.340. The summed E-state index contributed by atoms with van der Waals surface area (Å²) in [5.74, 6) is 0.956. The molecule has 0 atom stereocenters. The normalized spacial score (nSPS) is 11.1. The third-order valence-electron chi connectivity index (χ3n) is 3.44. The second-order valence-electron chi connectivity index (χ2n) is 4.88. The van der Waals surface area contributed by atoms with E-state index < -0.39 is 0 Å². The summed E-state index contributed by atoms with van der Waals surface area (Å²) in [5.41, 5.74) is 1.46. The first-order valence-corrected chi connectivity index (χ1v) is 7.26. The van der Waals surface area contributed by atoms with Gasteiger partial charge in [0.05, 0.1) is 6.61 Å². The highest BCUT2D eigenvalue weighted by atomic mass is 16.5. The molecule has 0 aliphatic carbocycles. The van der Waals surface area contributed by atoms with Crippen molar-refractivity contribution in [1.82, 2.24) is 0 Å². The van der Waals surface area contributed by atoms with Crippen molar-refractivity contribution >= 4 is 22.7 Å². The van der Waals surface area contributed by atoms with Crippen molar-refractivity contribution in [3.63, 3.8) is 0 Å².